The first-order valence-corrected chi connectivity index (χ1v) is 15.7. The van der Waals surface area contributed by atoms with E-state index in [1.54, 1.807) is 0 Å². The minimum Gasteiger partial charge on any atom is -0.519 e. The van der Waals surface area contributed by atoms with Crippen molar-refractivity contribution in [1.29, 1.82) is 0 Å². The molecule has 3 aromatic carbocycles. The molecule has 0 amide bonds. The van der Waals surface area contributed by atoms with E-state index in [1.165, 1.54) is 27.6 Å². The first-order chi connectivity index (χ1) is 19.9. The van der Waals surface area contributed by atoms with Crippen molar-refractivity contribution in [2.45, 2.75) is 53.4 Å². The predicted octanol–water partition coefficient (Wildman–Crippen LogP) is 11.0. The largest absolute Gasteiger partial charge is 0.628 e. The van der Waals surface area contributed by atoms with Crippen LogP contribution in [0.25, 0.3) is 22.6 Å². The molecule has 1 aromatic heterocycles. The first-order valence-electron chi connectivity index (χ1n) is 14.2. The van der Waals surface area contributed by atoms with Crippen molar-refractivity contribution in [1.82, 2.24) is 4.98 Å². The number of aromatic amines is 1. The van der Waals surface area contributed by atoms with E-state index in [-0.39, 0.29) is 7.12 Å². The number of nitrogens with two attached hydrogens (primary N) is 1. The van der Waals surface area contributed by atoms with Gasteiger partial charge in [-0.3, -0.25) is 0 Å². The zero-order valence-electron chi connectivity index (χ0n) is 24.3. The van der Waals surface area contributed by atoms with E-state index in [9.17, 15) is 0 Å². The molecule has 4 aromatic rings. The second kappa shape index (κ2) is 17.0. The van der Waals surface area contributed by atoms with E-state index in [2.05, 4.69) is 107 Å². The van der Waals surface area contributed by atoms with E-state index < -0.39 is 0 Å². The summed E-state index contributed by atoms with van der Waals surface area (Å²) in [5, 5.41) is 1.29. The summed E-state index contributed by atoms with van der Waals surface area (Å²) in [4.78, 5) is 3.46. The summed E-state index contributed by atoms with van der Waals surface area (Å²) in [6.07, 6.45) is 10.5. The van der Waals surface area contributed by atoms with Gasteiger partial charge in [0.2, 0.25) is 0 Å². The smallest absolute Gasteiger partial charge is 0.519 e. The van der Waals surface area contributed by atoms with Crippen LogP contribution in [0.4, 0.5) is 5.69 Å². The minimum atomic E-state index is -0.215. The fourth-order valence-corrected chi connectivity index (χ4v) is 4.91. The summed E-state index contributed by atoms with van der Waals surface area (Å²) in [6, 6.07) is 26.1. The van der Waals surface area contributed by atoms with Crippen LogP contribution in [0, 0.1) is 0 Å². The van der Waals surface area contributed by atoms with Gasteiger partial charge in [0.25, 0.3) is 0 Å². The molecule has 0 saturated carbocycles. The number of hydrogen-bond acceptors (Lipinski definition) is 3. The summed E-state index contributed by atoms with van der Waals surface area (Å²) in [7, 11) is -0.215. The average molecular weight is 678 g/mol. The van der Waals surface area contributed by atoms with Crippen LogP contribution >= 0.6 is 31.9 Å². The maximum absolute atomic E-state index is 5.72. The van der Waals surface area contributed by atoms with E-state index in [4.69, 9.17) is 15.0 Å². The Labute approximate surface area is 262 Å². The molecule has 4 nitrogen and oxygen atoms in total. The van der Waals surface area contributed by atoms with Crippen LogP contribution in [-0.2, 0) is 0 Å². The zero-order chi connectivity index (χ0) is 29.6. The lowest BCUT2D eigenvalue weighted by Gasteiger charge is -2.06. The minimum absolute atomic E-state index is 0.215. The highest BCUT2D eigenvalue weighted by Crippen LogP contribution is 2.34. The number of benzene rings is 3. The van der Waals surface area contributed by atoms with E-state index in [0.717, 1.165) is 51.8 Å². The molecule has 0 aliphatic carbocycles. The molecule has 0 fully saturated rings. The Morgan fingerprint density at radius 1 is 0.805 bits per heavy atom. The lowest BCUT2D eigenvalue weighted by Crippen LogP contribution is -2.27. The second-order valence-corrected chi connectivity index (χ2v) is 12.2. The van der Waals surface area contributed by atoms with Crippen molar-refractivity contribution in [3.63, 3.8) is 0 Å². The van der Waals surface area contributed by atoms with Crippen LogP contribution < -0.4 is 15.0 Å². The van der Waals surface area contributed by atoms with Crippen LogP contribution in [0.3, 0.4) is 0 Å². The highest BCUT2D eigenvalue weighted by molar-refractivity contribution is 9.28. The van der Waals surface area contributed by atoms with Gasteiger partial charge in [0.15, 0.2) is 0 Å². The normalized spacial score (nSPS) is 12.3. The molecule has 2 heterocycles. The number of rotatable bonds is 7. The van der Waals surface area contributed by atoms with Crippen LogP contribution in [0.15, 0.2) is 99.9 Å². The van der Waals surface area contributed by atoms with Crippen molar-refractivity contribution < 1.29 is 9.31 Å². The van der Waals surface area contributed by atoms with Gasteiger partial charge in [-0.25, -0.2) is 0 Å². The molecule has 1 aliphatic rings. The van der Waals surface area contributed by atoms with Crippen molar-refractivity contribution >= 4 is 67.2 Å². The van der Waals surface area contributed by atoms with Crippen molar-refractivity contribution in [3.8, 4) is 11.5 Å². The van der Waals surface area contributed by atoms with Crippen LogP contribution in [-0.4, -0.2) is 12.1 Å². The van der Waals surface area contributed by atoms with Crippen LogP contribution in [0.1, 0.15) is 64.6 Å². The number of hydrogen-bond donors (Lipinski definition) is 2. The van der Waals surface area contributed by atoms with Crippen molar-refractivity contribution in [3.05, 3.63) is 111 Å². The Hall–Kier alpha value is -3.16. The number of para-hydroxylation sites is 4. The third kappa shape index (κ3) is 9.72. The molecule has 0 spiro atoms. The van der Waals surface area contributed by atoms with Crippen molar-refractivity contribution in [2.75, 3.05) is 5.73 Å². The summed E-state index contributed by atoms with van der Waals surface area (Å²) in [5.41, 5.74) is 12.6. The number of H-pyrrole nitrogens is 1. The molecule has 7 heteroatoms. The maximum Gasteiger partial charge on any atom is 0.628 e. The molecule has 3 N–H and O–H groups in total. The molecule has 0 bridgehead atoms. The van der Waals surface area contributed by atoms with Gasteiger partial charge < -0.3 is 20.0 Å². The number of aromatic nitrogens is 1. The second-order valence-electron chi connectivity index (χ2n) is 9.38. The number of fused-ring (bicyclic) bond motifs is 2. The number of nitrogen functional groups attached to an aromatic ring is 1. The van der Waals surface area contributed by atoms with E-state index >= 15 is 0 Å². The average Bonchev–Trinajstić information content (AvgIpc) is 3.61. The molecule has 0 saturated heterocycles. The fraction of sp³-hybridized carbons (Fsp3) is 0.235. The van der Waals surface area contributed by atoms with Gasteiger partial charge in [0.1, 0.15) is 11.5 Å². The third-order valence-electron chi connectivity index (χ3n) is 6.46. The number of halogens is 2. The molecule has 5 rings (SSSR count). The van der Waals surface area contributed by atoms with Crippen LogP contribution in [0.2, 0.25) is 0 Å². The highest BCUT2D eigenvalue weighted by Gasteiger charge is 2.34. The zero-order valence-corrected chi connectivity index (χ0v) is 27.5. The maximum atomic E-state index is 5.72. The summed E-state index contributed by atoms with van der Waals surface area (Å²) < 4.78 is 12.3. The highest BCUT2D eigenvalue weighted by atomic mass is 79.9. The van der Waals surface area contributed by atoms with Gasteiger partial charge in [0, 0.05) is 16.9 Å². The van der Waals surface area contributed by atoms with Gasteiger partial charge >= 0.3 is 7.12 Å². The van der Waals surface area contributed by atoms with Crippen molar-refractivity contribution in [2.24, 2.45) is 0 Å². The van der Waals surface area contributed by atoms with Gasteiger partial charge in [0.05, 0.1) is 3.39 Å². The Morgan fingerprint density at radius 2 is 1.41 bits per heavy atom. The molecule has 0 atom stereocenters. The molecule has 1 aliphatic heterocycles. The predicted molar refractivity (Wildman–Crippen MR) is 186 cm³/mol. The molecule has 214 valence electrons. The molecular weight excluding hydrogens is 639 g/mol. The number of allylic oxidation sites excluding steroid dienone is 4. The molecule has 0 radical (unpaired) electrons. The Morgan fingerprint density at radius 3 is 1.98 bits per heavy atom. The number of nitrogens with one attached hydrogen (secondary N) is 1. The number of anilines is 1. The molecular formula is C34H39BBr2N2O2. The van der Waals surface area contributed by atoms with Gasteiger partial charge in [-0.2, -0.15) is 0 Å². The fourth-order valence-electron chi connectivity index (χ4n) is 4.42. The summed E-state index contributed by atoms with van der Waals surface area (Å²) >= 11 is 6.53. The Bertz CT molecular complexity index is 1430. The van der Waals surface area contributed by atoms with Gasteiger partial charge in [-0.15, -0.1) is 0 Å². The van der Waals surface area contributed by atoms with E-state index in [1.807, 2.05) is 54.6 Å². The lowest BCUT2D eigenvalue weighted by atomic mass is 9.76. The van der Waals surface area contributed by atoms with Gasteiger partial charge in [-0.05, 0) is 116 Å². The molecule has 41 heavy (non-hydrogen) atoms. The summed E-state index contributed by atoms with van der Waals surface area (Å²) in [6.45, 7) is 8.63. The third-order valence-corrected chi connectivity index (χ3v) is 6.92. The van der Waals surface area contributed by atoms with Crippen LogP contribution in [0.5, 0.6) is 11.5 Å². The van der Waals surface area contributed by atoms with Gasteiger partial charge in [-0.1, -0.05) is 88.4 Å². The quantitative estimate of drug-likeness (QED) is 0.151. The standard InChI is InChI=1S/C14H17N.C12H15BO2.C8H7Br2N/c1-3-7-11(4-2)14-10-12-8-5-6-9-13(12)15-14;1-3-7-10(4-2)13-14-11-8-5-6-9-12(11)15-13;9-8(10)5-6-3-1-2-4-7(6)11/h5-10,15H,3-4H2,1-2H3;5-9H,3-4H2,1-2H3;1-5H,11H2/b11-7+;10-7+;. The Balaban J connectivity index is 0.000000172. The SMILES string of the molecule is CC/C=C(\CC)B1Oc2ccccc2O1.CC/C=C(\CC)c1cc2ccccc2[nH]1.Nc1ccccc1C=C(Br)Br. The summed E-state index contributed by atoms with van der Waals surface area (Å²) in [5.74, 6) is 1.69. The first kappa shape index (κ1) is 32.4. The molecule has 0 unspecified atom stereocenters. The topological polar surface area (TPSA) is 60.3 Å². The Kier molecular flexibility index (Phi) is 13.4. The van der Waals surface area contributed by atoms with E-state index in [0.29, 0.717) is 0 Å². The monoisotopic (exact) mass is 676 g/mol. The lowest BCUT2D eigenvalue weighted by molar-refractivity contribution is 0.508.